The molecule has 0 atom stereocenters. The Morgan fingerprint density at radius 3 is 2.43 bits per heavy atom. The normalized spacial score (nSPS) is 10.7. The summed E-state index contributed by atoms with van der Waals surface area (Å²) in [4.78, 5) is 22.4. The van der Waals surface area contributed by atoms with Crippen LogP contribution in [0.2, 0.25) is 0 Å². The van der Waals surface area contributed by atoms with Crippen molar-refractivity contribution < 1.29 is 14.5 Å². The van der Waals surface area contributed by atoms with Gasteiger partial charge >= 0.3 is 0 Å². The zero-order valence-corrected chi connectivity index (χ0v) is 12.6. The number of nitrogens with zero attached hydrogens (tertiary/aromatic N) is 2. The summed E-state index contributed by atoms with van der Waals surface area (Å²) in [6, 6.07) is 11.8. The summed E-state index contributed by atoms with van der Waals surface area (Å²) in [6.07, 6.45) is 1.71. The lowest BCUT2D eigenvalue weighted by molar-refractivity contribution is -0.384. The first-order valence-corrected chi connectivity index (χ1v) is 6.96. The molecule has 0 N–H and O–H groups in total. The molecule has 3 rings (SSSR count). The van der Waals surface area contributed by atoms with Crippen LogP contribution in [0.3, 0.4) is 0 Å². The molecule has 0 bridgehead atoms. The van der Waals surface area contributed by atoms with Crippen molar-refractivity contribution in [2.45, 2.75) is 6.92 Å². The number of aromatic nitrogens is 1. The van der Waals surface area contributed by atoms with Crippen molar-refractivity contribution in [1.82, 2.24) is 4.57 Å². The Labute approximate surface area is 132 Å². The maximum Gasteiger partial charge on any atom is 0.270 e. The Bertz CT molecular complexity index is 910. The fourth-order valence-corrected chi connectivity index (χ4v) is 2.59. The van der Waals surface area contributed by atoms with E-state index in [1.807, 2.05) is 24.3 Å². The monoisotopic (exact) mass is 310 g/mol. The van der Waals surface area contributed by atoms with E-state index in [2.05, 4.69) is 0 Å². The number of non-ortho nitro benzene ring substituents is 1. The molecule has 116 valence electrons. The molecule has 23 heavy (non-hydrogen) atoms. The lowest BCUT2D eigenvalue weighted by Gasteiger charge is -2.02. The molecule has 3 aromatic rings. The van der Waals surface area contributed by atoms with Crippen molar-refractivity contribution in [2.75, 3.05) is 7.11 Å². The topological polar surface area (TPSA) is 74.4 Å². The van der Waals surface area contributed by atoms with Crippen LogP contribution in [0, 0.1) is 10.1 Å². The second kappa shape index (κ2) is 5.57. The van der Waals surface area contributed by atoms with Gasteiger partial charge in [-0.25, -0.2) is 0 Å². The van der Waals surface area contributed by atoms with Crippen LogP contribution in [-0.2, 0) is 0 Å². The zero-order chi connectivity index (χ0) is 16.6. The predicted molar refractivity (Wildman–Crippen MR) is 86.9 cm³/mol. The van der Waals surface area contributed by atoms with Crippen LogP contribution in [0.15, 0.2) is 48.7 Å². The summed E-state index contributed by atoms with van der Waals surface area (Å²) in [7, 11) is 1.58. The molecule has 0 aliphatic heterocycles. The van der Waals surface area contributed by atoms with Crippen molar-refractivity contribution >= 4 is 22.5 Å². The van der Waals surface area contributed by atoms with E-state index in [0.717, 1.165) is 16.9 Å². The van der Waals surface area contributed by atoms with Gasteiger partial charge in [0.15, 0.2) is 0 Å². The van der Waals surface area contributed by atoms with Crippen LogP contribution < -0.4 is 4.74 Å². The summed E-state index contributed by atoms with van der Waals surface area (Å²) in [5, 5.41) is 11.7. The maximum atomic E-state index is 11.8. The van der Waals surface area contributed by atoms with Gasteiger partial charge in [-0.05, 0) is 23.8 Å². The second-order valence-electron chi connectivity index (χ2n) is 5.12. The van der Waals surface area contributed by atoms with Gasteiger partial charge in [0, 0.05) is 36.2 Å². The van der Waals surface area contributed by atoms with E-state index in [0.29, 0.717) is 10.9 Å². The standard InChI is InChI=1S/C17H14N2O4/c1-11(20)18-10-16(12-3-6-14(23-2)7-4-12)15-9-13(19(21)22)5-8-17(15)18/h3-10H,1-2H3. The van der Waals surface area contributed by atoms with E-state index in [-0.39, 0.29) is 11.6 Å². The number of ether oxygens (including phenoxy) is 1. The molecular weight excluding hydrogens is 296 g/mol. The van der Waals surface area contributed by atoms with Crippen molar-refractivity contribution in [3.05, 3.63) is 58.8 Å². The molecule has 0 saturated carbocycles. The number of hydrogen-bond acceptors (Lipinski definition) is 4. The first-order valence-electron chi connectivity index (χ1n) is 6.96. The lowest BCUT2D eigenvalue weighted by Crippen LogP contribution is -2.02. The van der Waals surface area contributed by atoms with Gasteiger partial charge in [-0.15, -0.1) is 0 Å². The molecule has 6 heteroatoms. The van der Waals surface area contributed by atoms with Gasteiger partial charge in [0.25, 0.3) is 5.69 Å². The molecule has 1 heterocycles. The molecule has 0 amide bonds. The van der Waals surface area contributed by atoms with Gasteiger partial charge in [-0.2, -0.15) is 0 Å². The highest BCUT2D eigenvalue weighted by atomic mass is 16.6. The molecule has 0 saturated heterocycles. The van der Waals surface area contributed by atoms with Crippen LogP contribution in [0.25, 0.3) is 22.0 Å². The minimum atomic E-state index is -0.442. The average molecular weight is 310 g/mol. The van der Waals surface area contributed by atoms with Gasteiger partial charge in [0.05, 0.1) is 17.5 Å². The Hall–Kier alpha value is -3.15. The number of methoxy groups -OCH3 is 1. The zero-order valence-electron chi connectivity index (χ0n) is 12.6. The van der Waals surface area contributed by atoms with Gasteiger partial charge in [-0.3, -0.25) is 19.5 Å². The van der Waals surface area contributed by atoms with Gasteiger partial charge in [0.1, 0.15) is 5.75 Å². The van der Waals surface area contributed by atoms with E-state index in [4.69, 9.17) is 4.74 Å². The highest BCUT2D eigenvalue weighted by Gasteiger charge is 2.16. The Balaban J connectivity index is 2.27. The SMILES string of the molecule is COc1ccc(-c2cn(C(C)=O)c3ccc([N+](=O)[O-])cc23)cc1. The second-order valence-corrected chi connectivity index (χ2v) is 5.12. The van der Waals surface area contributed by atoms with E-state index in [9.17, 15) is 14.9 Å². The molecule has 0 aliphatic carbocycles. The largest absolute Gasteiger partial charge is 0.497 e. The van der Waals surface area contributed by atoms with Crippen LogP contribution >= 0.6 is 0 Å². The molecule has 0 aliphatic rings. The quantitative estimate of drug-likeness (QED) is 0.543. The summed E-state index contributed by atoms with van der Waals surface area (Å²) in [6.45, 7) is 1.46. The third-order valence-electron chi connectivity index (χ3n) is 3.74. The molecule has 0 spiro atoms. The smallest absolute Gasteiger partial charge is 0.270 e. The molecule has 0 radical (unpaired) electrons. The van der Waals surface area contributed by atoms with Crippen LogP contribution in [0.5, 0.6) is 5.75 Å². The number of carbonyl (C=O) groups excluding carboxylic acids is 1. The average Bonchev–Trinajstić information content (AvgIpc) is 2.94. The predicted octanol–water partition coefficient (Wildman–Crippen LogP) is 3.89. The maximum absolute atomic E-state index is 11.8. The number of rotatable bonds is 3. The van der Waals surface area contributed by atoms with Crippen LogP contribution in [0.4, 0.5) is 5.69 Å². The summed E-state index contributed by atoms with van der Waals surface area (Å²) < 4.78 is 6.64. The minimum absolute atomic E-state index is 0.00596. The Kier molecular flexibility index (Phi) is 3.57. The fraction of sp³-hybridized carbons (Fsp3) is 0.118. The van der Waals surface area contributed by atoms with Crippen LogP contribution in [0.1, 0.15) is 11.7 Å². The number of fused-ring (bicyclic) bond motifs is 1. The van der Waals surface area contributed by atoms with E-state index in [1.165, 1.54) is 23.6 Å². The van der Waals surface area contributed by atoms with Crippen molar-refractivity contribution in [3.63, 3.8) is 0 Å². The van der Waals surface area contributed by atoms with E-state index >= 15 is 0 Å². The number of nitro benzene ring substituents is 1. The highest BCUT2D eigenvalue weighted by molar-refractivity contribution is 6.02. The first-order chi connectivity index (χ1) is 11.0. The van der Waals surface area contributed by atoms with E-state index in [1.54, 1.807) is 19.4 Å². The third-order valence-corrected chi connectivity index (χ3v) is 3.74. The van der Waals surface area contributed by atoms with Crippen molar-refractivity contribution in [3.8, 4) is 16.9 Å². The Morgan fingerprint density at radius 1 is 1.17 bits per heavy atom. The summed E-state index contributed by atoms with van der Waals surface area (Å²) in [5.41, 5.74) is 2.26. The van der Waals surface area contributed by atoms with Gasteiger partial charge < -0.3 is 4.74 Å². The highest BCUT2D eigenvalue weighted by Crippen LogP contribution is 2.33. The molecule has 6 nitrogen and oxygen atoms in total. The van der Waals surface area contributed by atoms with Crippen molar-refractivity contribution in [2.24, 2.45) is 0 Å². The molecule has 0 unspecified atom stereocenters. The minimum Gasteiger partial charge on any atom is -0.497 e. The van der Waals surface area contributed by atoms with Crippen LogP contribution in [-0.4, -0.2) is 22.5 Å². The van der Waals surface area contributed by atoms with Crippen molar-refractivity contribution in [1.29, 1.82) is 0 Å². The Morgan fingerprint density at radius 2 is 1.87 bits per heavy atom. The lowest BCUT2D eigenvalue weighted by atomic mass is 10.0. The first kappa shape index (κ1) is 14.8. The summed E-state index contributed by atoms with van der Waals surface area (Å²) >= 11 is 0. The number of carbonyl (C=O) groups is 1. The molecular formula is C17H14N2O4. The number of nitro groups is 1. The fourth-order valence-electron chi connectivity index (χ4n) is 2.59. The summed E-state index contributed by atoms with van der Waals surface area (Å²) in [5.74, 6) is 0.568. The number of benzene rings is 2. The third kappa shape index (κ3) is 2.55. The molecule has 2 aromatic carbocycles. The van der Waals surface area contributed by atoms with Gasteiger partial charge in [-0.1, -0.05) is 12.1 Å². The number of hydrogen-bond donors (Lipinski definition) is 0. The molecule has 0 fully saturated rings. The molecule has 1 aromatic heterocycles. The van der Waals surface area contributed by atoms with Gasteiger partial charge in [0.2, 0.25) is 5.91 Å². The van der Waals surface area contributed by atoms with E-state index < -0.39 is 4.92 Å².